The van der Waals surface area contributed by atoms with E-state index in [1.165, 1.54) is 4.31 Å². The fourth-order valence-corrected chi connectivity index (χ4v) is 5.49. The van der Waals surface area contributed by atoms with Crippen LogP contribution >= 0.6 is 0 Å². The summed E-state index contributed by atoms with van der Waals surface area (Å²) >= 11 is 0. The third-order valence-electron chi connectivity index (χ3n) is 5.92. The summed E-state index contributed by atoms with van der Waals surface area (Å²) in [6.07, 6.45) is 1.56. The minimum absolute atomic E-state index is 0.0257. The van der Waals surface area contributed by atoms with Crippen LogP contribution in [0.15, 0.2) is 53.6 Å². The summed E-state index contributed by atoms with van der Waals surface area (Å²) in [6, 6.07) is 10.4. The number of aryl methyl sites for hydroxylation is 1. The number of benzene rings is 2. The fourth-order valence-electron chi connectivity index (χ4n) is 4.06. The Labute approximate surface area is 197 Å². The molecular weight excluding hydrogens is 462 g/mol. The number of rotatable bonds is 5. The van der Waals surface area contributed by atoms with E-state index in [9.17, 15) is 22.0 Å². The normalized spacial score (nSPS) is 15.2. The van der Waals surface area contributed by atoms with Crippen LogP contribution in [0.2, 0.25) is 0 Å². The number of amides is 1. The third-order valence-corrected chi connectivity index (χ3v) is 7.81. The van der Waals surface area contributed by atoms with Crippen molar-refractivity contribution in [2.24, 2.45) is 0 Å². The molecule has 1 aromatic heterocycles. The van der Waals surface area contributed by atoms with Crippen molar-refractivity contribution in [3.8, 4) is 5.69 Å². The molecule has 0 atom stereocenters. The highest BCUT2D eigenvalue weighted by molar-refractivity contribution is 7.89. The fraction of sp³-hybridized carbons (Fsp3) is 0.333. The van der Waals surface area contributed by atoms with Gasteiger partial charge >= 0.3 is 0 Å². The third kappa shape index (κ3) is 4.47. The number of hydrogen-bond acceptors (Lipinski definition) is 4. The number of halogens is 2. The van der Waals surface area contributed by atoms with E-state index in [2.05, 4.69) is 5.10 Å². The summed E-state index contributed by atoms with van der Waals surface area (Å²) in [5.74, 6) is -2.52. The van der Waals surface area contributed by atoms with Crippen LogP contribution in [0.25, 0.3) is 5.69 Å². The molecule has 2 heterocycles. The van der Waals surface area contributed by atoms with Gasteiger partial charge in [-0.1, -0.05) is 31.5 Å². The first-order valence-corrected chi connectivity index (χ1v) is 12.4. The molecule has 0 spiro atoms. The summed E-state index contributed by atoms with van der Waals surface area (Å²) in [5.41, 5.74) is 3.24. The van der Waals surface area contributed by atoms with Crippen LogP contribution in [0.5, 0.6) is 0 Å². The molecule has 2 aromatic carbocycles. The second-order valence-corrected chi connectivity index (χ2v) is 10.6. The predicted molar refractivity (Wildman–Crippen MR) is 123 cm³/mol. The number of sulfonamides is 1. The Balaban J connectivity index is 1.52. The molecule has 180 valence electrons. The molecule has 7 nitrogen and oxygen atoms in total. The number of aromatic nitrogens is 2. The Morgan fingerprint density at radius 1 is 0.971 bits per heavy atom. The molecule has 0 radical (unpaired) electrons. The average molecular weight is 489 g/mol. The van der Waals surface area contributed by atoms with Gasteiger partial charge in [0.15, 0.2) is 11.6 Å². The van der Waals surface area contributed by atoms with Crippen LogP contribution < -0.4 is 0 Å². The molecule has 0 N–H and O–H groups in total. The monoisotopic (exact) mass is 488 g/mol. The zero-order valence-corrected chi connectivity index (χ0v) is 20.0. The molecule has 34 heavy (non-hydrogen) atoms. The summed E-state index contributed by atoms with van der Waals surface area (Å²) < 4.78 is 55.4. The second-order valence-electron chi connectivity index (χ2n) is 8.62. The van der Waals surface area contributed by atoms with Crippen molar-refractivity contribution in [1.82, 2.24) is 19.0 Å². The minimum Gasteiger partial charge on any atom is -0.336 e. The summed E-state index contributed by atoms with van der Waals surface area (Å²) in [4.78, 5) is 14.6. The van der Waals surface area contributed by atoms with E-state index in [-0.39, 0.29) is 42.9 Å². The Hall–Kier alpha value is -3.11. The largest absolute Gasteiger partial charge is 0.336 e. The molecule has 10 heteroatoms. The Morgan fingerprint density at radius 2 is 1.62 bits per heavy atom. The maximum Gasteiger partial charge on any atom is 0.257 e. The zero-order chi connectivity index (χ0) is 24.6. The SMILES string of the molecule is Cc1ccc(-n2ncc(C(=O)N3CCN(S(=O)(=O)c4ccc(F)c(F)c4)CC3)c2C(C)C)cc1. The summed E-state index contributed by atoms with van der Waals surface area (Å²) in [7, 11) is -4.00. The van der Waals surface area contributed by atoms with Crippen LogP contribution in [0.1, 0.15) is 41.4 Å². The highest BCUT2D eigenvalue weighted by Crippen LogP contribution is 2.26. The van der Waals surface area contributed by atoms with Gasteiger partial charge in [0, 0.05) is 26.2 Å². The van der Waals surface area contributed by atoms with Gasteiger partial charge in [0.05, 0.1) is 28.0 Å². The van der Waals surface area contributed by atoms with Crippen molar-refractivity contribution < 1.29 is 22.0 Å². The van der Waals surface area contributed by atoms with Gasteiger partial charge in [-0.2, -0.15) is 9.40 Å². The number of nitrogens with zero attached hydrogens (tertiary/aromatic N) is 4. The van der Waals surface area contributed by atoms with Gasteiger partial charge in [0.25, 0.3) is 5.91 Å². The quantitative estimate of drug-likeness (QED) is 0.549. The van der Waals surface area contributed by atoms with Crippen LogP contribution in [-0.2, 0) is 10.0 Å². The van der Waals surface area contributed by atoms with Crippen LogP contribution in [0.4, 0.5) is 8.78 Å². The highest BCUT2D eigenvalue weighted by atomic mass is 32.2. The average Bonchev–Trinajstić information content (AvgIpc) is 3.26. The lowest BCUT2D eigenvalue weighted by atomic mass is 10.0. The standard InChI is InChI=1S/C24H26F2N4O3S/c1-16(2)23-20(15-27-30(23)18-6-4-17(3)5-7-18)24(31)28-10-12-29(13-11-28)34(32,33)19-8-9-21(25)22(26)14-19/h4-9,14-16H,10-13H2,1-3H3. The first-order valence-electron chi connectivity index (χ1n) is 11.0. The molecule has 1 aliphatic rings. The van der Waals surface area contributed by atoms with E-state index in [4.69, 9.17) is 0 Å². The predicted octanol–water partition coefficient (Wildman–Crippen LogP) is 3.73. The molecule has 4 rings (SSSR count). The zero-order valence-electron chi connectivity index (χ0n) is 19.2. The molecule has 0 aliphatic carbocycles. The maximum atomic E-state index is 13.6. The van der Waals surface area contributed by atoms with Gasteiger partial charge < -0.3 is 4.90 Å². The van der Waals surface area contributed by atoms with E-state index >= 15 is 0 Å². The topological polar surface area (TPSA) is 75.5 Å². The first-order chi connectivity index (χ1) is 16.1. The van der Waals surface area contributed by atoms with Crippen molar-refractivity contribution in [2.75, 3.05) is 26.2 Å². The van der Waals surface area contributed by atoms with Crippen molar-refractivity contribution in [3.05, 3.63) is 77.1 Å². The smallest absolute Gasteiger partial charge is 0.257 e. The first kappa shape index (κ1) is 24.0. The van der Waals surface area contributed by atoms with Gasteiger partial charge in [-0.25, -0.2) is 21.9 Å². The van der Waals surface area contributed by atoms with Gasteiger partial charge in [0.2, 0.25) is 10.0 Å². The lowest BCUT2D eigenvalue weighted by molar-refractivity contribution is 0.0696. The van der Waals surface area contributed by atoms with Crippen LogP contribution in [0.3, 0.4) is 0 Å². The number of piperazine rings is 1. The minimum atomic E-state index is -4.00. The number of carbonyl (C=O) groups is 1. The lowest BCUT2D eigenvalue weighted by Gasteiger charge is -2.34. The van der Waals surface area contributed by atoms with Crippen molar-refractivity contribution in [1.29, 1.82) is 0 Å². The molecule has 1 fully saturated rings. The molecule has 1 aliphatic heterocycles. The molecule has 0 unspecified atom stereocenters. The van der Waals surface area contributed by atoms with Gasteiger partial charge in [-0.3, -0.25) is 4.79 Å². The maximum absolute atomic E-state index is 13.6. The number of carbonyl (C=O) groups excluding carboxylic acids is 1. The van der Waals surface area contributed by atoms with E-state index in [1.54, 1.807) is 15.8 Å². The van der Waals surface area contributed by atoms with E-state index in [1.807, 2.05) is 45.0 Å². The Bertz CT molecular complexity index is 1310. The van der Waals surface area contributed by atoms with E-state index in [0.29, 0.717) is 11.6 Å². The molecule has 0 bridgehead atoms. The highest BCUT2D eigenvalue weighted by Gasteiger charge is 2.32. The van der Waals surface area contributed by atoms with Crippen LogP contribution in [0, 0.1) is 18.6 Å². The van der Waals surface area contributed by atoms with Gasteiger partial charge in [0.1, 0.15) is 0 Å². The van der Waals surface area contributed by atoms with Gasteiger partial charge in [-0.05, 0) is 43.2 Å². The number of hydrogen-bond donors (Lipinski definition) is 0. The van der Waals surface area contributed by atoms with Crippen molar-refractivity contribution >= 4 is 15.9 Å². The van der Waals surface area contributed by atoms with Crippen molar-refractivity contribution in [2.45, 2.75) is 31.6 Å². The molecule has 3 aromatic rings. The molecule has 0 saturated carbocycles. The Kier molecular flexibility index (Phi) is 6.55. The van der Waals surface area contributed by atoms with E-state index in [0.717, 1.165) is 29.1 Å². The van der Waals surface area contributed by atoms with Crippen molar-refractivity contribution in [3.63, 3.8) is 0 Å². The Morgan fingerprint density at radius 3 is 2.21 bits per heavy atom. The van der Waals surface area contributed by atoms with E-state index < -0.39 is 21.7 Å². The van der Waals surface area contributed by atoms with Gasteiger partial charge in [-0.15, -0.1) is 0 Å². The summed E-state index contributed by atoms with van der Waals surface area (Å²) in [6.45, 7) is 6.43. The van der Waals surface area contributed by atoms with Crippen LogP contribution in [-0.4, -0.2) is 59.5 Å². The summed E-state index contributed by atoms with van der Waals surface area (Å²) in [5, 5.41) is 4.46. The molecular formula is C24H26F2N4O3S. The molecule has 1 amide bonds. The molecule has 1 saturated heterocycles. The lowest BCUT2D eigenvalue weighted by Crippen LogP contribution is -2.50. The second kappa shape index (κ2) is 9.27.